The highest BCUT2D eigenvalue weighted by Gasteiger charge is 2.51. The van der Waals surface area contributed by atoms with Crippen LogP contribution in [0.1, 0.15) is 5.56 Å². The fourth-order valence-corrected chi connectivity index (χ4v) is 4.94. The lowest BCUT2D eigenvalue weighted by molar-refractivity contribution is -0.137. The largest absolute Gasteiger partial charge is 0.486 e. The van der Waals surface area contributed by atoms with Gasteiger partial charge in [0.25, 0.3) is 0 Å². The molecule has 13 heteroatoms. The van der Waals surface area contributed by atoms with E-state index in [4.69, 9.17) is 22.9 Å². The van der Waals surface area contributed by atoms with Crippen molar-refractivity contribution in [1.29, 1.82) is 0 Å². The van der Waals surface area contributed by atoms with E-state index >= 15 is 0 Å². The van der Waals surface area contributed by atoms with Crippen LogP contribution < -0.4 is 4.74 Å². The Hall–Kier alpha value is -2.43. The molecule has 1 saturated heterocycles. The first-order valence-corrected chi connectivity index (χ1v) is 10.7. The van der Waals surface area contributed by atoms with Crippen LogP contribution in [0.15, 0.2) is 41.3 Å². The lowest BCUT2D eigenvalue weighted by Gasteiger charge is -2.27. The Bertz CT molecular complexity index is 1190. The van der Waals surface area contributed by atoms with Crippen molar-refractivity contribution in [1.82, 2.24) is 4.31 Å². The molecule has 1 aliphatic rings. The minimum absolute atomic E-state index is 0.0103. The van der Waals surface area contributed by atoms with Gasteiger partial charge < -0.3 is 14.9 Å². The molecular weight excluding hydrogens is 480 g/mol. The average molecular weight is 495 g/mol. The molecule has 0 aromatic heterocycles. The molecule has 0 saturated carbocycles. The second-order valence-corrected chi connectivity index (χ2v) is 9.35. The molecule has 0 aliphatic carbocycles. The van der Waals surface area contributed by atoms with Gasteiger partial charge in [-0.2, -0.15) is 17.5 Å². The van der Waals surface area contributed by atoms with Gasteiger partial charge in [0.1, 0.15) is 23.3 Å². The molecule has 172 valence electrons. The molecular formula is C19H15ClF4N2O5S. The summed E-state index contributed by atoms with van der Waals surface area (Å²) < 4.78 is 84.4. The normalized spacial score (nSPS) is 22.0. The Kier molecular flexibility index (Phi) is 6.43. The number of nitrogens with zero attached hydrogens (tertiary/aromatic N) is 2. The number of hydrogen-bond acceptors (Lipinski definition) is 5. The first-order valence-electron chi connectivity index (χ1n) is 8.85. The second-order valence-electron chi connectivity index (χ2n) is 7.03. The van der Waals surface area contributed by atoms with Crippen molar-refractivity contribution >= 4 is 27.3 Å². The number of β-amino-alcohol motifs (C(OH)–C–C–N with tert-alkyl or cyclic N) is 1. The summed E-state index contributed by atoms with van der Waals surface area (Å²) in [5.41, 5.74) is -4.02. The summed E-state index contributed by atoms with van der Waals surface area (Å²) in [7, 11) is -4.55. The molecule has 0 spiro atoms. The number of aliphatic hydroxyl groups excluding tert-OH is 1. The fourth-order valence-electron chi connectivity index (χ4n) is 3.16. The molecule has 1 aliphatic heterocycles. The number of ether oxygens (including phenoxy) is 1. The van der Waals surface area contributed by atoms with Gasteiger partial charge in [0.15, 0.2) is 0 Å². The van der Waals surface area contributed by atoms with Crippen LogP contribution >= 0.6 is 11.6 Å². The van der Waals surface area contributed by atoms with Crippen molar-refractivity contribution in [3.63, 3.8) is 0 Å². The van der Waals surface area contributed by atoms with E-state index in [-0.39, 0.29) is 10.8 Å². The van der Waals surface area contributed by atoms with E-state index in [0.717, 1.165) is 12.1 Å². The van der Waals surface area contributed by atoms with E-state index in [9.17, 15) is 36.2 Å². The topological polar surface area (TPSA) is 91.4 Å². The monoisotopic (exact) mass is 494 g/mol. The maximum atomic E-state index is 13.4. The third-order valence-corrected chi connectivity index (χ3v) is 7.04. The molecule has 32 heavy (non-hydrogen) atoms. The molecule has 2 atom stereocenters. The van der Waals surface area contributed by atoms with Crippen molar-refractivity contribution < 1.29 is 40.9 Å². The van der Waals surface area contributed by atoms with Crippen LogP contribution in [0.3, 0.4) is 0 Å². The van der Waals surface area contributed by atoms with E-state index < -0.39 is 69.6 Å². The molecule has 2 aromatic rings. The van der Waals surface area contributed by atoms with Crippen LogP contribution in [0.4, 0.5) is 23.2 Å². The number of halogens is 5. The van der Waals surface area contributed by atoms with E-state index in [1.165, 1.54) is 6.07 Å². The SMILES string of the molecule is [C-]#[N+]c1cc(C(F)(F)F)ccc1S(=O)(=O)N1C[C@H](Oc2ccc(F)c(Cl)c2)[C@](O)(CO)C1. The highest BCUT2D eigenvalue weighted by Crippen LogP contribution is 2.38. The first-order chi connectivity index (χ1) is 14.8. The van der Waals surface area contributed by atoms with Gasteiger partial charge in [0, 0.05) is 18.2 Å². The number of rotatable bonds is 5. The van der Waals surface area contributed by atoms with Crippen molar-refractivity contribution in [3.8, 4) is 5.75 Å². The molecule has 2 N–H and O–H groups in total. The molecule has 1 heterocycles. The third-order valence-electron chi connectivity index (χ3n) is 4.89. The molecule has 0 radical (unpaired) electrons. The summed E-state index contributed by atoms with van der Waals surface area (Å²) in [6, 6.07) is 4.88. The van der Waals surface area contributed by atoms with Crippen LogP contribution in [0.5, 0.6) is 5.75 Å². The lowest BCUT2D eigenvalue weighted by Crippen LogP contribution is -2.48. The summed E-state index contributed by atoms with van der Waals surface area (Å²) in [4.78, 5) is 2.21. The number of hydrogen-bond donors (Lipinski definition) is 2. The number of aliphatic hydroxyl groups is 2. The maximum absolute atomic E-state index is 13.4. The summed E-state index contributed by atoms with van der Waals surface area (Å²) in [5.74, 6) is -0.745. The predicted molar refractivity (Wildman–Crippen MR) is 104 cm³/mol. The van der Waals surface area contributed by atoms with Gasteiger partial charge in [-0.3, -0.25) is 0 Å². The van der Waals surface area contributed by atoms with Crippen LogP contribution in [0.2, 0.25) is 5.02 Å². The van der Waals surface area contributed by atoms with Gasteiger partial charge in [-0.1, -0.05) is 23.7 Å². The second kappa shape index (κ2) is 8.49. The van der Waals surface area contributed by atoms with Gasteiger partial charge in [-0.05, 0) is 18.2 Å². The molecule has 3 rings (SSSR count). The number of sulfonamides is 1. The standard InChI is InChI=1S/C19H15ClF4N2O5S/c1-25-15-6-11(19(22,23)24)2-5-16(15)32(29,30)26-8-17(18(28,9-26)10-27)31-12-3-4-14(21)13(20)7-12/h2-7,17,27-28H,8-10H2/t17-,18+/m0/s1. The predicted octanol–water partition coefficient (Wildman–Crippen LogP) is 3.22. The summed E-state index contributed by atoms with van der Waals surface area (Å²) >= 11 is 5.68. The zero-order chi connectivity index (χ0) is 23.9. The summed E-state index contributed by atoms with van der Waals surface area (Å²) in [6.07, 6.45) is -6.10. The van der Waals surface area contributed by atoms with Crippen LogP contribution in [-0.2, 0) is 16.2 Å². The summed E-state index contributed by atoms with van der Waals surface area (Å²) in [6.45, 7) is 5.01. The fraction of sp³-hybridized carbons (Fsp3) is 0.316. The van der Waals surface area contributed by atoms with E-state index in [1.54, 1.807) is 0 Å². The van der Waals surface area contributed by atoms with Crippen molar-refractivity contribution in [2.45, 2.75) is 22.8 Å². The Morgan fingerprint density at radius 2 is 1.97 bits per heavy atom. The van der Waals surface area contributed by atoms with Gasteiger partial charge >= 0.3 is 6.18 Å². The van der Waals surface area contributed by atoms with E-state index in [1.807, 2.05) is 0 Å². The molecule has 0 unspecified atom stereocenters. The number of alkyl halides is 3. The van der Waals surface area contributed by atoms with Gasteiger partial charge in [-0.25, -0.2) is 17.7 Å². The van der Waals surface area contributed by atoms with Gasteiger partial charge in [-0.15, -0.1) is 0 Å². The average Bonchev–Trinajstić information content (AvgIpc) is 3.07. The van der Waals surface area contributed by atoms with Crippen molar-refractivity contribution in [2.24, 2.45) is 0 Å². The highest BCUT2D eigenvalue weighted by atomic mass is 35.5. The highest BCUT2D eigenvalue weighted by molar-refractivity contribution is 7.89. The van der Waals surface area contributed by atoms with Crippen LogP contribution in [0.25, 0.3) is 4.85 Å². The van der Waals surface area contributed by atoms with Crippen LogP contribution in [0, 0.1) is 12.4 Å². The van der Waals surface area contributed by atoms with Crippen molar-refractivity contribution in [2.75, 3.05) is 19.7 Å². The maximum Gasteiger partial charge on any atom is 0.415 e. The Balaban J connectivity index is 1.94. The minimum atomic E-state index is -4.78. The smallest absolute Gasteiger partial charge is 0.415 e. The quantitative estimate of drug-likeness (QED) is 0.492. The zero-order valence-corrected chi connectivity index (χ0v) is 17.5. The van der Waals surface area contributed by atoms with E-state index in [2.05, 4.69) is 4.85 Å². The summed E-state index contributed by atoms with van der Waals surface area (Å²) in [5, 5.41) is 20.1. The Morgan fingerprint density at radius 3 is 2.53 bits per heavy atom. The lowest BCUT2D eigenvalue weighted by atomic mass is 10.0. The van der Waals surface area contributed by atoms with E-state index in [0.29, 0.717) is 22.5 Å². The zero-order valence-electron chi connectivity index (χ0n) is 16.0. The molecule has 2 aromatic carbocycles. The van der Waals surface area contributed by atoms with Crippen LogP contribution in [-0.4, -0.2) is 54.3 Å². The Morgan fingerprint density at radius 1 is 1.28 bits per heavy atom. The molecule has 0 amide bonds. The minimum Gasteiger partial charge on any atom is -0.486 e. The van der Waals surface area contributed by atoms with Crippen molar-refractivity contribution in [3.05, 3.63) is 64.2 Å². The molecule has 0 bridgehead atoms. The Labute approximate surface area is 185 Å². The number of benzene rings is 2. The van der Waals surface area contributed by atoms with Gasteiger partial charge in [0.2, 0.25) is 15.7 Å². The first kappa shape index (κ1) is 24.2. The third kappa shape index (κ3) is 4.53. The molecule has 7 nitrogen and oxygen atoms in total. The van der Waals surface area contributed by atoms with Gasteiger partial charge in [0.05, 0.1) is 29.6 Å². The molecule has 1 fully saturated rings.